The van der Waals surface area contributed by atoms with Crippen LogP contribution in [0.4, 0.5) is 16.5 Å². The van der Waals surface area contributed by atoms with Crippen LogP contribution in [-0.4, -0.2) is 51.9 Å². The number of morpholine rings is 1. The van der Waals surface area contributed by atoms with E-state index in [0.717, 1.165) is 24.3 Å². The van der Waals surface area contributed by atoms with Crippen molar-refractivity contribution in [3.63, 3.8) is 0 Å². The third kappa shape index (κ3) is 2.60. The number of aliphatic hydroxyl groups is 1. The molecule has 1 aliphatic rings. The first-order chi connectivity index (χ1) is 11.4. The van der Waals surface area contributed by atoms with Crippen molar-refractivity contribution in [3.05, 3.63) is 17.1 Å². The van der Waals surface area contributed by atoms with Gasteiger partial charge in [0.25, 0.3) is 0 Å². The van der Waals surface area contributed by atoms with E-state index in [2.05, 4.69) is 36.2 Å². The van der Waals surface area contributed by atoms with Crippen molar-refractivity contribution < 1.29 is 14.5 Å². The molecule has 1 aromatic carbocycles. The van der Waals surface area contributed by atoms with Gasteiger partial charge in [0.1, 0.15) is 0 Å². The largest absolute Gasteiger partial charge is 0.392 e. The molecular formula is C13H13N6O3S. The van der Waals surface area contributed by atoms with Crippen molar-refractivity contribution in [2.24, 2.45) is 0 Å². The second-order valence-electron chi connectivity index (χ2n) is 4.97. The summed E-state index contributed by atoms with van der Waals surface area (Å²) in [4.78, 5) is 2.13. The molecular weight excluding hydrogens is 320 g/mol. The summed E-state index contributed by atoms with van der Waals surface area (Å²) in [6.45, 7) is 2.61. The highest BCUT2D eigenvalue weighted by molar-refractivity contribution is 7.12. The van der Waals surface area contributed by atoms with Crippen LogP contribution in [0.25, 0.3) is 11.0 Å². The molecule has 119 valence electrons. The first-order valence-electron chi connectivity index (χ1n) is 7.05. The van der Waals surface area contributed by atoms with Gasteiger partial charge in [-0.2, -0.15) is 0 Å². The van der Waals surface area contributed by atoms with Gasteiger partial charge in [0.2, 0.25) is 5.13 Å². The van der Waals surface area contributed by atoms with Crippen LogP contribution in [0.2, 0.25) is 0 Å². The third-order valence-corrected chi connectivity index (χ3v) is 4.20. The Kier molecular flexibility index (Phi) is 3.77. The maximum atomic E-state index is 9.80. The van der Waals surface area contributed by atoms with E-state index in [1.165, 1.54) is 11.3 Å². The first kappa shape index (κ1) is 14.3. The Hall–Kier alpha value is -2.30. The second-order valence-corrected chi connectivity index (χ2v) is 5.75. The number of hydrogen-bond donors (Lipinski definition) is 2. The first-order valence-corrected chi connectivity index (χ1v) is 7.86. The van der Waals surface area contributed by atoms with Crippen LogP contribution < -0.4 is 10.2 Å². The highest BCUT2D eigenvalue weighted by Crippen LogP contribution is 2.36. The highest BCUT2D eigenvalue weighted by Gasteiger charge is 2.23. The van der Waals surface area contributed by atoms with Gasteiger partial charge in [-0.1, -0.05) is 11.3 Å². The molecule has 0 saturated carbocycles. The van der Waals surface area contributed by atoms with E-state index >= 15 is 0 Å². The lowest BCUT2D eigenvalue weighted by Crippen LogP contribution is -2.37. The lowest BCUT2D eigenvalue weighted by molar-refractivity contribution is 0.122. The molecule has 9 nitrogen and oxygen atoms in total. The van der Waals surface area contributed by atoms with Gasteiger partial charge in [-0.25, -0.2) is 4.63 Å². The summed E-state index contributed by atoms with van der Waals surface area (Å²) in [5.41, 5.74) is 6.10. The molecule has 1 fully saturated rings. The molecule has 23 heavy (non-hydrogen) atoms. The number of nitrogens with one attached hydrogen (secondary N) is 1. The predicted molar refractivity (Wildman–Crippen MR) is 82.8 cm³/mol. The monoisotopic (exact) mass is 333 g/mol. The zero-order valence-corrected chi connectivity index (χ0v) is 12.8. The van der Waals surface area contributed by atoms with E-state index in [1.54, 1.807) is 0 Å². The molecule has 1 radical (unpaired) electrons. The summed E-state index contributed by atoms with van der Waals surface area (Å²) in [7, 11) is 0. The Morgan fingerprint density at radius 3 is 2.87 bits per heavy atom. The summed E-state index contributed by atoms with van der Waals surface area (Å²) < 4.78 is 10.3. The van der Waals surface area contributed by atoms with Gasteiger partial charge >= 0.3 is 0 Å². The molecule has 2 aromatic heterocycles. The van der Waals surface area contributed by atoms with Crippen LogP contribution in [-0.2, 0) is 11.3 Å². The summed E-state index contributed by atoms with van der Waals surface area (Å²) in [5, 5.41) is 29.1. The number of aliphatic hydroxyl groups excluding tert-OH is 1. The molecule has 0 bridgehead atoms. The van der Waals surface area contributed by atoms with Crippen molar-refractivity contribution in [1.29, 1.82) is 0 Å². The number of fused-ring (bicyclic) bond motifs is 1. The molecule has 1 saturated heterocycles. The van der Waals surface area contributed by atoms with Gasteiger partial charge < -0.3 is 20.1 Å². The SMILES string of the molecule is OCc1cc(Nc2nn[c]s2)c2nonc2c1N1CCOCC1. The summed E-state index contributed by atoms with van der Waals surface area (Å²) in [6, 6.07) is 1.83. The van der Waals surface area contributed by atoms with Crippen molar-refractivity contribution in [2.45, 2.75) is 6.61 Å². The van der Waals surface area contributed by atoms with Crippen LogP contribution >= 0.6 is 11.3 Å². The molecule has 3 aromatic rings. The van der Waals surface area contributed by atoms with E-state index in [-0.39, 0.29) is 6.61 Å². The Labute approximate surface area is 134 Å². The lowest BCUT2D eigenvalue weighted by Gasteiger charge is -2.30. The Bertz CT molecular complexity index is 800. The van der Waals surface area contributed by atoms with Crippen LogP contribution in [0.15, 0.2) is 10.7 Å². The fourth-order valence-electron chi connectivity index (χ4n) is 2.65. The number of aromatic nitrogens is 4. The molecule has 0 spiro atoms. The molecule has 10 heteroatoms. The van der Waals surface area contributed by atoms with Gasteiger partial charge in [-0.3, -0.25) is 0 Å². The van der Waals surface area contributed by atoms with Crippen LogP contribution in [0.5, 0.6) is 0 Å². The van der Waals surface area contributed by atoms with Gasteiger partial charge in [-0.15, -0.1) is 10.2 Å². The zero-order valence-electron chi connectivity index (χ0n) is 12.0. The molecule has 1 aliphatic heterocycles. The zero-order chi connectivity index (χ0) is 15.6. The number of anilines is 3. The Morgan fingerprint density at radius 1 is 1.30 bits per heavy atom. The van der Waals surface area contributed by atoms with E-state index in [1.807, 2.05) is 6.07 Å². The molecule has 0 aliphatic carbocycles. The topological polar surface area (TPSA) is 109 Å². The normalized spacial score (nSPS) is 15.3. The predicted octanol–water partition coefficient (Wildman–Crippen LogP) is 0.947. The van der Waals surface area contributed by atoms with Gasteiger partial charge in [0.15, 0.2) is 16.5 Å². The van der Waals surface area contributed by atoms with Crippen molar-refractivity contribution in [1.82, 2.24) is 20.5 Å². The summed E-state index contributed by atoms with van der Waals surface area (Å²) in [6.07, 6.45) is 0. The molecule has 3 heterocycles. The van der Waals surface area contributed by atoms with Crippen molar-refractivity contribution in [2.75, 3.05) is 36.5 Å². The third-order valence-electron chi connectivity index (χ3n) is 3.65. The molecule has 0 atom stereocenters. The highest BCUT2D eigenvalue weighted by atomic mass is 32.1. The average molecular weight is 333 g/mol. The van der Waals surface area contributed by atoms with Gasteiger partial charge in [0.05, 0.1) is 31.2 Å². The summed E-state index contributed by atoms with van der Waals surface area (Å²) in [5.74, 6) is 0. The van der Waals surface area contributed by atoms with Gasteiger partial charge in [-0.05, 0) is 16.4 Å². The molecule has 2 N–H and O–H groups in total. The van der Waals surface area contributed by atoms with Crippen LogP contribution in [0.3, 0.4) is 0 Å². The van der Waals surface area contributed by atoms with E-state index in [4.69, 9.17) is 9.37 Å². The fraction of sp³-hybridized carbons (Fsp3) is 0.385. The van der Waals surface area contributed by atoms with Crippen molar-refractivity contribution in [3.8, 4) is 0 Å². The van der Waals surface area contributed by atoms with Gasteiger partial charge in [0, 0.05) is 18.7 Å². The molecule has 4 rings (SSSR count). The maximum absolute atomic E-state index is 9.80. The minimum atomic E-state index is -0.119. The Balaban J connectivity index is 1.82. The Morgan fingerprint density at radius 2 is 2.13 bits per heavy atom. The van der Waals surface area contributed by atoms with E-state index in [0.29, 0.717) is 35.1 Å². The van der Waals surface area contributed by atoms with E-state index < -0.39 is 0 Å². The minimum absolute atomic E-state index is 0.119. The van der Waals surface area contributed by atoms with Crippen LogP contribution in [0.1, 0.15) is 5.56 Å². The second kappa shape index (κ2) is 6.07. The smallest absolute Gasteiger partial charge is 0.210 e. The molecule has 0 amide bonds. The number of nitrogens with zero attached hydrogens (tertiary/aromatic N) is 5. The van der Waals surface area contributed by atoms with Crippen LogP contribution in [0, 0.1) is 5.51 Å². The molecule has 0 unspecified atom stereocenters. The minimum Gasteiger partial charge on any atom is -0.392 e. The number of ether oxygens (including phenoxy) is 1. The number of benzene rings is 1. The number of hydrogen-bond acceptors (Lipinski definition) is 10. The fourth-order valence-corrected chi connectivity index (χ4v) is 3.07. The standard InChI is InChI=1S/C13H13N6O3S/c20-6-8-5-9(15-13-16-14-7-23-13)10-11(18-22-17-10)12(8)19-1-3-21-4-2-19/h5,20H,1-4,6H2,(H,15,16). The number of rotatable bonds is 4. The quantitative estimate of drug-likeness (QED) is 0.721. The summed E-state index contributed by atoms with van der Waals surface area (Å²) >= 11 is 1.25. The maximum Gasteiger partial charge on any atom is 0.210 e. The average Bonchev–Trinajstić information content (AvgIpc) is 3.26. The lowest BCUT2D eigenvalue weighted by atomic mass is 10.1. The van der Waals surface area contributed by atoms with Crippen molar-refractivity contribution >= 4 is 38.9 Å². The van der Waals surface area contributed by atoms with E-state index in [9.17, 15) is 5.11 Å².